The lowest BCUT2D eigenvalue weighted by Crippen LogP contribution is -2.35. The molecule has 3 aromatic carbocycles. The molecular formula is C23H21NO6. The highest BCUT2D eigenvalue weighted by Crippen LogP contribution is 2.32. The van der Waals surface area contributed by atoms with Gasteiger partial charge in [-0.15, -0.1) is 0 Å². The van der Waals surface area contributed by atoms with Gasteiger partial charge in [-0.1, -0.05) is 30.3 Å². The maximum absolute atomic E-state index is 12.7. The first-order chi connectivity index (χ1) is 14.5. The van der Waals surface area contributed by atoms with Crippen LogP contribution in [0.15, 0.2) is 54.6 Å². The minimum Gasteiger partial charge on any atom is -0.496 e. The Kier molecular flexibility index (Phi) is 5.43. The van der Waals surface area contributed by atoms with Gasteiger partial charge >= 0.3 is 5.97 Å². The van der Waals surface area contributed by atoms with Crippen LogP contribution in [-0.2, 0) is 16.1 Å². The molecule has 7 nitrogen and oxygen atoms in total. The van der Waals surface area contributed by atoms with E-state index in [4.69, 9.17) is 18.9 Å². The van der Waals surface area contributed by atoms with Crippen molar-refractivity contribution in [1.82, 2.24) is 5.32 Å². The van der Waals surface area contributed by atoms with Crippen LogP contribution >= 0.6 is 0 Å². The maximum atomic E-state index is 12.7. The van der Waals surface area contributed by atoms with E-state index in [0.29, 0.717) is 17.2 Å². The fourth-order valence-electron chi connectivity index (χ4n) is 3.21. The molecule has 7 heteroatoms. The Hall–Kier alpha value is -3.74. The lowest BCUT2D eigenvalue weighted by atomic mass is 10.1. The number of rotatable bonds is 6. The van der Waals surface area contributed by atoms with Gasteiger partial charge in [0.25, 0.3) is 5.91 Å². The minimum atomic E-state index is -0.970. The molecule has 0 saturated heterocycles. The second-order valence-electron chi connectivity index (χ2n) is 6.85. The highest BCUT2D eigenvalue weighted by molar-refractivity contribution is 5.99. The SMILES string of the molecule is COc1cc2ccccc2cc1C(=O)O[C@H](C)C(=O)NCc1ccc2c(c1)OCO2. The van der Waals surface area contributed by atoms with E-state index in [9.17, 15) is 9.59 Å². The Morgan fingerprint density at radius 2 is 1.77 bits per heavy atom. The molecule has 0 fully saturated rings. The second-order valence-corrected chi connectivity index (χ2v) is 6.85. The van der Waals surface area contributed by atoms with Crippen molar-refractivity contribution in [1.29, 1.82) is 0 Å². The molecule has 1 aliphatic heterocycles. The standard InChI is InChI=1S/C23H21NO6/c1-14(22(25)24-12-15-7-8-19-21(9-15)29-13-28-19)30-23(26)18-10-16-5-3-4-6-17(16)11-20(18)27-2/h3-11,14H,12-13H2,1-2H3,(H,24,25)/t14-/m1/s1. The van der Waals surface area contributed by atoms with Crippen LogP contribution in [0.3, 0.4) is 0 Å². The maximum Gasteiger partial charge on any atom is 0.342 e. The van der Waals surface area contributed by atoms with Gasteiger partial charge in [0.2, 0.25) is 6.79 Å². The van der Waals surface area contributed by atoms with Gasteiger partial charge in [0.05, 0.1) is 7.11 Å². The molecule has 0 spiro atoms. The summed E-state index contributed by atoms with van der Waals surface area (Å²) in [5.74, 6) is 0.692. The van der Waals surface area contributed by atoms with Gasteiger partial charge < -0.3 is 24.3 Å². The number of esters is 1. The zero-order valence-corrected chi connectivity index (χ0v) is 16.6. The topological polar surface area (TPSA) is 83.1 Å². The summed E-state index contributed by atoms with van der Waals surface area (Å²) in [6.07, 6.45) is -0.970. The van der Waals surface area contributed by atoms with E-state index in [0.717, 1.165) is 16.3 Å². The van der Waals surface area contributed by atoms with E-state index in [1.165, 1.54) is 14.0 Å². The lowest BCUT2D eigenvalue weighted by Gasteiger charge is -2.15. The summed E-state index contributed by atoms with van der Waals surface area (Å²) >= 11 is 0. The smallest absolute Gasteiger partial charge is 0.342 e. The summed E-state index contributed by atoms with van der Waals surface area (Å²) in [7, 11) is 1.49. The number of fused-ring (bicyclic) bond motifs is 2. The van der Waals surface area contributed by atoms with E-state index in [-0.39, 0.29) is 18.9 Å². The molecule has 1 N–H and O–H groups in total. The number of nitrogens with one attached hydrogen (secondary N) is 1. The third-order valence-corrected chi connectivity index (χ3v) is 4.84. The number of hydrogen-bond acceptors (Lipinski definition) is 6. The normalized spacial score (nSPS) is 13.0. The molecule has 0 aromatic heterocycles. The van der Waals surface area contributed by atoms with Gasteiger partial charge in [0.1, 0.15) is 11.3 Å². The molecule has 1 aliphatic rings. The Balaban J connectivity index is 1.40. The van der Waals surface area contributed by atoms with Crippen molar-refractivity contribution in [2.75, 3.05) is 13.9 Å². The van der Waals surface area contributed by atoms with Crippen molar-refractivity contribution >= 4 is 22.6 Å². The van der Waals surface area contributed by atoms with Crippen LogP contribution in [0.5, 0.6) is 17.2 Å². The third kappa shape index (κ3) is 4.00. The van der Waals surface area contributed by atoms with Crippen molar-refractivity contribution < 1.29 is 28.5 Å². The van der Waals surface area contributed by atoms with Crippen molar-refractivity contribution in [2.24, 2.45) is 0 Å². The van der Waals surface area contributed by atoms with E-state index in [1.807, 2.05) is 30.3 Å². The molecule has 3 aromatic rings. The first-order valence-corrected chi connectivity index (χ1v) is 9.49. The fourth-order valence-corrected chi connectivity index (χ4v) is 3.21. The van der Waals surface area contributed by atoms with Crippen molar-refractivity contribution in [2.45, 2.75) is 19.6 Å². The molecule has 4 rings (SSSR count). The number of carbonyl (C=O) groups excluding carboxylic acids is 2. The second kappa shape index (κ2) is 8.32. The largest absolute Gasteiger partial charge is 0.496 e. The van der Waals surface area contributed by atoms with Crippen LogP contribution in [0.25, 0.3) is 10.8 Å². The van der Waals surface area contributed by atoms with Crippen LogP contribution in [0, 0.1) is 0 Å². The molecule has 0 bridgehead atoms. The van der Waals surface area contributed by atoms with Gasteiger partial charge in [-0.05, 0) is 47.5 Å². The fraction of sp³-hybridized carbons (Fsp3) is 0.217. The quantitative estimate of drug-likeness (QED) is 0.631. The molecule has 1 amide bonds. The minimum absolute atomic E-state index is 0.191. The molecule has 1 atom stereocenters. The Bertz CT molecular complexity index is 1110. The summed E-state index contributed by atoms with van der Waals surface area (Å²) < 4.78 is 21.3. The van der Waals surface area contributed by atoms with Crippen LogP contribution in [0.1, 0.15) is 22.8 Å². The number of hydrogen-bond donors (Lipinski definition) is 1. The molecule has 0 unspecified atom stereocenters. The van der Waals surface area contributed by atoms with E-state index >= 15 is 0 Å². The highest BCUT2D eigenvalue weighted by Gasteiger charge is 2.22. The number of ether oxygens (including phenoxy) is 4. The summed E-state index contributed by atoms with van der Waals surface area (Å²) in [6, 6.07) is 16.5. The highest BCUT2D eigenvalue weighted by atomic mass is 16.7. The summed E-state index contributed by atoms with van der Waals surface area (Å²) in [6.45, 7) is 1.99. The number of benzene rings is 3. The molecular weight excluding hydrogens is 386 g/mol. The zero-order chi connectivity index (χ0) is 21.1. The Morgan fingerprint density at radius 3 is 2.53 bits per heavy atom. The molecule has 154 valence electrons. The molecule has 0 radical (unpaired) electrons. The zero-order valence-electron chi connectivity index (χ0n) is 16.6. The van der Waals surface area contributed by atoms with Gasteiger partial charge in [-0.2, -0.15) is 0 Å². The van der Waals surface area contributed by atoms with Crippen molar-refractivity contribution in [3.63, 3.8) is 0 Å². The first kappa shape index (κ1) is 19.6. The van der Waals surface area contributed by atoms with Crippen molar-refractivity contribution in [3.05, 3.63) is 65.7 Å². The van der Waals surface area contributed by atoms with Gasteiger partial charge in [0.15, 0.2) is 17.6 Å². The van der Waals surface area contributed by atoms with E-state index in [1.54, 1.807) is 24.3 Å². The summed E-state index contributed by atoms with van der Waals surface area (Å²) in [4.78, 5) is 25.1. The molecule has 0 aliphatic carbocycles. The Labute approximate surface area is 173 Å². The van der Waals surface area contributed by atoms with Gasteiger partial charge in [-0.25, -0.2) is 4.79 Å². The number of methoxy groups -OCH3 is 1. The summed E-state index contributed by atoms with van der Waals surface area (Å²) in [5.41, 5.74) is 1.12. The monoisotopic (exact) mass is 407 g/mol. The molecule has 30 heavy (non-hydrogen) atoms. The van der Waals surface area contributed by atoms with E-state index in [2.05, 4.69) is 5.32 Å². The average Bonchev–Trinajstić information content (AvgIpc) is 3.24. The lowest BCUT2D eigenvalue weighted by molar-refractivity contribution is -0.129. The van der Waals surface area contributed by atoms with Crippen LogP contribution in [-0.4, -0.2) is 31.9 Å². The number of carbonyl (C=O) groups is 2. The third-order valence-electron chi connectivity index (χ3n) is 4.84. The predicted octanol–water partition coefficient (Wildman–Crippen LogP) is 3.44. The van der Waals surface area contributed by atoms with Gasteiger partial charge in [-0.3, -0.25) is 4.79 Å². The molecule has 1 heterocycles. The average molecular weight is 407 g/mol. The van der Waals surface area contributed by atoms with E-state index < -0.39 is 18.0 Å². The van der Waals surface area contributed by atoms with Crippen molar-refractivity contribution in [3.8, 4) is 17.2 Å². The Morgan fingerprint density at radius 1 is 1.03 bits per heavy atom. The first-order valence-electron chi connectivity index (χ1n) is 9.49. The van der Waals surface area contributed by atoms with Crippen LogP contribution in [0.2, 0.25) is 0 Å². The number of amides is 1. The van der Waals surface area contributed by atoms with Crippen LogP contribution < -0.4 is 19.5 Å². The van der Waals surface area contributed by atoms with Crippen LogP contribution in [0.4, 0.5) is 0 Å². The summed E-state index contributed by atoms with van der Waals surface area (Å²) in [5, 5.41) is 4.59. The predicted molar refractivity (Wildman–Crippen MR) is 110 cm³/mol. The molecule has 0 saturated carbocycles. The van der Waals surface area contributed by atoms with Gasteiger partial charge in [0, 0.05) is 6.54 Å².